The molecule has 1 rings (SSSR count). The van der Waals surface area contributed by atoms with E-state index in [1.165, 1.54) is 0 Å². The molecule has 0 saturated carbocycles. The van der Waals surface area contributed by atoms with E-state index in [2.05, 4.69) is 0 Å². The van der Waals surface area contributed by atoms with Crippen LogP contribution in [0.4, 0.5) is 52.7 Å². The fourth-order valence-electron chi connectivity index (χ4n) is 1.95. The van der Waals surface area contributed by atoms with E-state index in [1.807, 2.05) is 0 Å². The fraction of sp³-hybridized carbons (Fsp3) is 0.500. The molecular weight excluding hydrogens is 356 g/mol. The highest BCUT2D eigenvalue weighted by atomic mass is 32.4. The maximum absolute atomic E-state index is 13.0. The summed E-state index contributed by atoms with van der Waals surface area (Å²) in [5, 5.41) is -3.64. The Morgan fingerprint density at radius 2 is 0.619 bits per heavy atom. The van der Waals surface area contributed by atoms with Gasteiger partial charge < -0.3 is 0 Å². The lowest BCUT2D eigenvalue weighted by atomic mass is 10.6. The van der Waals surface area contributed by atoms with Crippen molar-refractivity contribution in [3.8, 4) is 0 Å². The lowest BCUT2D eigenvalue weighted by Crippen LogP contribution is -2.70. The number of hydrogen-bond donors (Lipinski definition) is 0. The third-order valence-electron chi connectivity index (χ3n) is 3.43. The highest BCUT2D eigenvalue weighted by Gasteiger charge is 3.10. The smallest absolute Gasteiger partial charge is 0.161 e. The predicted octanol–water partition coefficient (Wildman–Crippen LogP) is 5.98. The molecule has 1 aliphatic heterocycles. The molecule has 0 N–H and O–H groups in total. The molecule has 21 heavy (non-hydrogen) atoms. The van der Waals surface area contributed by atoms with Gasteiger partial charge in [0.1, 0.15) is 0 Å². The average molecular weight is 360 g/mol. The molecule has 0 nitrogen and oxygen atoms in total. The minimum absolute atomic E-state index is 0.538. The highest BCUT2D eigenvalue weighted by Crippen LogP contribution is 3.16. The van der Waals surface area contributed by atoms with Gasteiger partial charge in [0.25, 0.3) is 0 Å². The van der Waals surface area contributed by atoms with Crippen molar-refractivity contribution in [2.24, 2.45) is 0 Å². The molecule has 0 atom stereocenters. The Balaban J connectivity index is 4.49. The second kappa shape index (κ2) is 3.49. The fourth-order valence-corrected chi connectivity index (χ4v) is 5.84. The molecule has 0 aromatic rings. The van der Waals surface area contributed by atoms with E-state index in [9.17, 15) is 52.7 Å². The summed E-state index contributed by atoms with van der Waals surface area (Å²) in [6, 6.07) is 0. The molecule has 0 saturated heterocycles. The third-order valence-corrected chi connectivity index (χ3v) is 10.1. The van der Waals surface area contributed by atoms with Crippen LogP contribution < -0.4 is 0 Å². The lowest BCUT2D eigenvalue weighted by molar-refractivity contribution is -0.167. The maximum Gasteiger partial charge on any atom is 0.440 e. The van der Waals surface area contributed by atoms with Crippen LogP contribution in [0.25, 0.3) is 0 Å². The third kappa shape index (κ3) is 1.06. The van der Waals surface area contributed by atoms with Gasteiger partial charge in [0.2, 0.25) is 0 Å². The summed E-state index contributed by atoms with van der Waals surface area (Å²) in [5.74, 6) is 0. The molecule has 0 aromatic carbocycles. The summed E-state index contributed by atoms with van der Waals surface area (Å²) in [4.78, 5) is 0. The molecule has 1 heterocycles. The molecule has 0 spiro atoms. The summed E-state index contributed by atoms with van der Waals surface area (Å²) in [7, 11) is -10.9. The Bertz CT molecular complexity index is 432. The van der Waals surface area contributed by atoms with Crippen molar-refractivity contribution < 1.29 is 52.7 Å². The van der Waals surface area contributed by atoms with Crippen LogP contribution in [0.3, 0.4) is 0 Å². The van der Waals surface area contributed by atoms with Crippen molar-refractivity contribution in [2.75, 3.05) is 0 Å². The van der Waals surface area contributed by atoms with Crippen molar-refractivity contribution in [1.82, 2.24) is 0 Å². The second-order valence-electron chi connectivity index (χ2n) is 4.13. The van der Waals surface area contributed by atoms with Crippen LogP contribution in [-0.4, -0.2) is 22.0 Å². The summed E-state index contributed by atoms with van der Waals surface area (Å²) in [6.07, 6.45) is -1.08. The predicted molar refractivity (Wildman–Crippen MR) is 50.1 cm³/mol. The van der Waals surface area contributed by atoms with E-state index < -0.39 is 53.3 Å². The maximum atomic E-state index is 13.0. The number of allylic oxidation sites excluding steroid dienone is 2. The van der Waals surface area contributed by atoms with Crippen LogP contribution in [0.1, 0.15) is 0 Å². The standard InChI is InChI=1S/C8H4F12S/c9-5(10,11)21(6(12,13)14,7(15,16)17,8(18,19)20)3-1-2-4-21/h1-4H. The Labute approximate surface area is 107 Å². The zero-order valence-electron chi connectivity index (χ0n) is 9.25. The van der Waals surface area contributed by atoms with Crippen molar-refractivity contribution in [2.45, 2.75) is 22.0 Å². The first-order valence-electron chi connectivity index (χ1n) is 4.56. The van der Waals surface area contributed by atoms with E-state index >= 15 is 0 Å². The van der Waals surface area contributed by atoms with Gasteiger partial charge >= 0.3 is 22.0 Å². The first kappa shape index (κ1) is 18.0. The number of hydrogen-bond acceptors (Lipinski definition) is 0. The van der Waals surface area contributed by atoms with E-state index in [1.54, 1.807) is 0 Å². The monoisotopic (exact) mass is 360 g/mol. The van der Waals surface area contributed by atoms with Crippen LogP contribution in [0, 0.1) is 0 Å². The lowest BCUT2D eigenvalue weighted by Gasteiger charge is -2.72. The Morgan fingerprint density at radius 1 is 0.429 bits per heavy atom. The summed E-state index contributed by atoms with van der Waals surface area (Å²) < 4.78 is 156. The largest absolute Gasteiger partial charge is 0.440 e. The quantitative estimate of drug-likeness (QED) is 0.466. The Kier molecular flexibility index (Phi) is 2.99. The van der Waals surface area contributed by atoms with Gasteiger partial charge in [-0.3, -0.25) is 0 Å². The molecule has 0 aliphatic carbocycles. The molecule has 13 heteroatoms. The highest BCUT2D eigenvalue weighted by molar-refractivity contribution is 8.70. The van der Waals surface area contributed by atoms with Crippen molar-refractivity contribution in [3.05, 3.63) is 23.0 Å². The van der Waals surface area contributed by atoms with Gasteiger partial charge in [0.05, 0.1) is 8.29 Å². The van der Waals surface area contributed by atoms with Gasteiger partial charge in [-0.1, -0.05) is 12.2 Å². The first-order valence-corrected chi connectivity index (χ1v) is 7.13. The number of rotatable bonds is 0. The Hall–Kier alpha value is -1.01. The summed E-state index contributed by atoms with van der Waals surface area (Å²) >= 11 is 0. The summed E-state index contributed by atoms with van der Waals surface area (Å²) in [6.45, 7) is 0. The molecule has 0 bridgehead atoms. The first-order chi connectivity index (χ1) is 8.89. The van der Waals surface area contributed by atoms with Gasteiger partial charge in [-0.2, -0.15) is 52.7 Å². The van der Waals surface area contributed by atoms with Crippen LogP contribution in [0.15, 0.2) is 23.0 Å². The minimum atomic E-state index is -10.9. The molecule has 0 amide bonds. The summed E-state index contributed by atoms with van der Waals surface area (Å²) in [5.41, 5.74) is -30.8. The van der Waals surface area contributed by atoms with Crippen molar-refractivity contribution in [3.63, 3.8) is 0 Å². The molecule has 0 fully saturated rings. The van der Waals surface area contributed by atoms with Crippen LogP contribution >= 0.6 is 8.29 Å². The molecule has 0 unspecified atom stereocenters. The zero-order valence-corrected chi connectivity index (χ0v) is 10.1. The number of alkyl halides is 12. The molecular formula is C8H4F12S. The van der Waals surface area contributed by atoms with E-state index in [4.69, 9.17) is 0 Å². The second-order valence-corrected chi connectivity index (χ2v) is 9.91. The molecule has 0 aromatic heterocycles. The van der Waals surface area contributed by atoms with E-state index in [0.717, 1.165) is 0 Å². The molecule has 0 radical (unpaired) electrons. The topological polar surface area (TPSA) is 0 Å². The number of halogens is 12. The van der Waals surface area contributed by atoms with E-state index in [0.29, 0.717) is 0 Å². The normalized spacial score (nSPS) is 27.6. The minimum Gasteiger partial charge on any atom is -0.161 e. The van der Waals surface area contributed by atoms with Crippen LogP contribution in [0.2, 0.25) is 0 Å². The van der Waals surface area contributed by atoms with Crippen LogP contribution in [-0.2, 0) is 0 Å². The van der Waals surface area contributed by atoms with Gasteiger partial charge in [-0.05, 0) is 10.8 Å². The van der Waals surface area contributed by atoms with Gasteiger partial charge in [0.15, 0.2) is 0 Å². The van der Waals surface area contributed by atoms with Gasteiger partial charge in [0, 0.05) is 0 Å². The van der Waals surface area contributed by atoms with E-state index in [-0.39, 0.29) is 0 Å². The Morgan fingerprint density at radius 3 is 0.714 bits per heavy atom. The van der Waals surface area contributed by atoms with Crippen molar-refractivity contribution >= 4 is 8.29 Å². The van der Waals surface area contributed by atoms with Gasteiger partial charge in [-0.25, -0.2) is 0 Å². The van der Waals surface area contributed by atoms with Crippen LogP contribution in [0.5, 0.6) is 0 Å². The molecule has 126 valence electrons. The average Bonchev–Trinajstić information content (AvgIpc) is 2.55. The van der Waals surface area contributed by atoms with Crippen molar-refractivity contribution in [1.29, 1.82) is 0 Å². The SMILES string of the molecule is FC(F)(F)S1(C(F)(F)F)(C(F)(F)F)(C(F)(F)F)C=CC=C1. The molecule has 1 aliphatic rings. The van der Waals surface area contributed by atoms with Gasteiger partial charge in [-0.15, -0.1) is 0 Å². The zero-order chi connectivity index (χ0) is 17.2.